The zero-order valence-corrected chi connectivity index (χ0v) is 59.3. The molecule has 4 unspecified atom stereocenters. The Balaban J connectivity index is 2.58. The Morgan fingerprint density at radius 2 is 0.989 bits per heavy atom. The highest BCUT2D eigenvalue weighted by Gasteiger charge is 2.53. The molecule has 0 aromatic heterocycles. The van der Waals surface area contributed by atoms with E-state index in [-0.39, 0.29) is 51.1 Å². The van der Waals surface area contributed by atoms with Crippen molar-refractivity contribution in [2.75, 3.05) is 33.5 Å². The minimum Gasteiger partial charge on any atom is -0.462 e. The maximum absolute atomic E-state index is 14.2. The number of unbranched alkanes of at least 4 members (excludes halogenated alkanes) is 22. The molecule has 0 spiro atoms. The number of aliphatic hydroxyl groups is 2. The number of nitrogens with one attached hydrogen (secondary N) is 2. The van der Waals surface area contributed by atoms with E-state index in [1.54, 1.807) is 0 Å². The zero-order valence-electron chi connectivity index (χ0n) is 57.6. The molecule has 13 atom stereocenters. The first kappa shape index (κ1) is 86.5. The summed E-state index contributed by atoms with van der Waals surface area (Å²) in [7, 11) is -9.62. The van der Waals surface area contributed by atoms with Gasteiger partial charge in [-0.25, -0.2) is 9.13 Å². The summed E-state index contributed by atoms with van der Waals surface area (Å²) in [5.41, 5.74) is 0. The molecule has 0 aromatic carbocycles. The van der Waals surface area contributed by atoms with E-state index < -0.39 is 139 Å². The topological polar surface area (TPSA) is 348 Å². The van der Waals surface area contributed by atoms with E-state index in [0.717, 1.165) is 128 Å². The van der Waals surface area contributed by atoms with Gasteiger partial charge in [0.05, 0.1) is 38.8 Å². The predicted octanol–water partition coefficient (Wildman–Crippen LogP) is 11.5. The van der Waals surface area contributed by atoms with Crippen molar-refractivity contribution < 1.29 is 105 Å². The van der Waals surface area contributed by atoms with Crippen LogP contribution in [0.5, 0.6) is 0 Å². The summed E-state index contributed by atoms with van der Waals surface area (Å²) in [6, 6.07) is -3.26. The number of methoxy groups -OCH3 is 1. The van der Waals surface area contributed by atoms with E-state index in [2.05, 4.69) is 57.4 Å². The molecule has 0 bridgehead atoms. The van der Waals surface area contributed by atoms with Crippen LogP contribution in [0.1, 0.15) is 273 Å². The lowest BCUT2D eigenvalue weighted by Crippen LogP contribution is -2.67. The molecular formula is C67H124N2O22P2. The van der Waals surface area contributed by atoms with Crippen LogP contribution in [0.2, 0.25) is 0 Å². The Labute approximate surface area is 556 Å². The highest BCUT2D eigenvalue weighted by Crippen LogP contribution is 2.44. The summed E-state index contributed by atoms with van der Waals surface area (Å²) in [6.45, 7) is 10.6. The maximum Gasteiger partial charge on any atom is 0.472 e. The minimum atomic E-state index is -5.49. The molecule has 2 aliphatic heterocycles. The number of hydrogen-bond acceptors (Lipinski definition) is 18. The number of amides is 2. The number of rotatable bonds is 58. The number of hydrogen-bond donors (Lipinski definition) is 8. The molecule has 0 saturated carbocycles. The van der Waals surface area contributed by atoms with Crippen LogP contribution < -0.4 is 10.6 Å². The van der Waals surface area contributed by atoms with Gasteiger partial charge in [-0.3, -0.25) is 33.0 Å². The van der Waals surface area contributed by atoms with Gasteiger partial charge in [0, 0.05) is 39.4 Å². The lowest BCUT2D eigenvalue weighted by atomic mass is 9.95. The number of ether oxygens (including phenoxy) is 7. The Morgan fingerprint density at radius 1 is 0.516 bits per heavy atom. The van der Waals surface area contributed by atoms with Gasteiger partial charge in [0.15, 0.2) is 12.6 Å². The molecule has 26 heteroatoms. The summed E-state index contributed by atoms with van der Waals surface area (Å²) in [6.07, 6.45) is 16.2. The van der Waals surface area contributed by atoms with Gasteiger partial charge in [0.1, 0.15) is 66.4 Å². The van der Waals surface area contributed by atoms with Crippen LogP contribution in [0.15, 0.2) is 12.2 Å². The molecule has 2 rings (SSSR count). The molecule has 0 aromatic rings. The van der Waals surface area contributed by atoms with E-state index in [4.69, 9.17) is 42.2 Å². The van der Waals surface area contributed by atoms with Gasteiger partial charge in [-0.1, -0.05) is 188 Å². The van der Waals surface area contributed by atoms with Gasteiger partial charge >= 0.3 is 21.6 Å². The summed E-state index contributed by atoms with van der Waals surface area (Å²) in [5.74, 6) is -2.46. The standard InChI is InChI=1S/C67H124N2O22P2/c1-8-12-16-19-21-23-25-28-32-38-52(71)46-57(73)68-60-64(84-44-42-51(6)70)62(76)55(88-67(60)91-93(80,81)82)49-86-66-61(69-58(74)47-53(72)39-33-29-26-24-22-20-17-13-9-2)65(63(90-92(77,78)79)56(89-66)48-83-7)85-45-43-54(40-34-27-18-14-10-3)87-59(75)41-35-30-31-37-50(5)36-15-11-4/h31,37,50-51,54-56,60-67,70,76H,8-30,32-36,38-49H2,1-7H3,(H,68,73)(H,69,74)(H2,77,78,79)(H2,80,81,82)/b37-31+/t50?,51-,54?,55?,56-,60-,61-,62-,63-,64-,65?,66-,67-/m1/s1. The molecule has 0 radical (unpaired) electrons. The van der Waals surface area contributed by atoms with Crippen LogP contribution >= 0.6 is 15.6 Å². The van der Waals surface area contributed by atoms with Gasteiger partial charge in [0.2, 0.25) is 11.8 Å². The normalized spacial score (nSPS) is 23.0. The van der Waals surface area contributed by atoms with E-state index in [9.17, 15) is 62.9 Å². The highest BCUT2D eigenvalue weighted by molar-refractivity contribution is 7.46. The zero-order chi connectivity index (χ0) is 68.9. The number of aliphatic hydroxyl groups excluding tert-OH is 2. The smallest absolute Gasteiger partial charge is 0.462 e. The van der Waals surface area contributed by atoms with Crippen molar-refractivity contribution >= 4 is 45.0 Å². The quantitative estimate of drug-likeness (QED) is 0.00922. The third kappa shape index (κ3) is 41.4. The number of ketones is 2. The molecule has 0 aliphatic carbocycles. The third-order valence-corrected chi connectivity index (χ3v) is 17.8. The largest absolute Gasteiger partial charge is 0.472 e. The van der Waals surface area contributed by atoms with E-state index in [1.807, 2.05) is 0 Å². The van der Waals surface area contributed by atoms with Crippen molar-refractivity contribution in [3.8, 4) is 0 Å². The molecule has 2 aliphatic rings. The van der Waals surface area contributed by atoms with Crippen molar-refractivity contribution in [3.63, 3.8) is 0 Å². The predicted molar refractivity (Wildman–Crippen MR) is 353 cm³/mol. The Hall–Kier alpha value is -2.61. The van der Waals surface area contributed by atoms with Crippen LogP contribution in [-0.2, 0) is 75.3 Å². The van der Waals surface area contributed by atoms with Gasteiger partial charge in [-0.15, -0.1) is 0 Å². The van der Waals surface area contributed by atoms with Crippen LogP contribution in [-0.4, -0.2) is 166 Å². The lowest BCUT2D eigenvalue weighted by molar-refractivity contribution is -0.301. The molecule has 2 amide bonds. The summed E-state index contributed by atoms with van der Waals surface area (Å²) < 4.78 is 78.9. The van der Waals surface area contributed by atoms with Crippen LogP contribution in [0.25, 0.3) is 0 Å². The number of allylic oxidation sites excluding steroid dienone is 2. The second kappa shape index (κ2) is 51.6. The molecular weight excluding hydrogens is 1250 g/mol. The SMILES string of the molecule is CCCCCCCCCCCC(=O)CC(=O)N[C@H]1[C@@H](OP(=O)(O)O)OC(CO[C@@H]2O[C@H](COC)[C@@H](OP(=O)(O)O)C(OCCC(CCCCCCC)OC(=O)CCC/C=C/C(C)CCCC)[C@H]2NC(=O)CC(=O)CCCCCCCCCCC)[C@@H](O)[C@@H]1OCC[C@@H](C)O. The number of carbonyl (C=O) groups is 5. The monoisotopic (exact) mass is 1370 g/mol. The number of Topliss-reactive ketones (excluding diaryl/α,β-unsaturated/α-hetero) is 2. The summed E-state index contributed by atoms with van der Waals surface area (Å²) >= 11 is 0. The third-order valence-electron chi connectivity index (χ3n) is 16.8. The number of esters is 1. The maximum atomic E-state index is 14.2. The average Bonchev–Trinajstić information content (AvgIpc) is 0.797. The van der Waals surface area contributed by atoms with Crippen molar-refractivity contribution in [1.29, 1.82) is 0 Å². The van der Waals surface area contributed by atoms with Crippen molar-refractivity contribution in [2.24, 2.45) is 5.92 Å². The molecule has 544 valence electrons. The van der Waals surface area contributed by atoms with Crippen LogP contribution in [0, 0.1) is 5.92 Å². The molecule has 8 N–H and O–H groups in total. The van der Waals surface area contributed by atoms with Crippen LogP contribution in [0.4, 0.5) is 0 Å². The Bertz CT molecular complexity index is 2130. The molecule has 93 heavy (non-hydrogen) atoms. The second-order valence-corrected chi connectivity index (χ2v) is 28.0. The van der Waals surface area contributed by atoms with Gasteiger partial charge < -0.3 is 73.6 Å². The van der Waals surface area contributed by atoms with Crippen molar-refractivity contribution in [1.82, 2.24) is 10.6 Å². The van der Waals surface area contributed by atoms with E-state index in [0.29, 0.717) is 38.0 Å². The summed E-state index contributed by atoms with van der Waals surface area (Å²) in [4.78, 5) is 109. The van der Waals surface area contributed by atoms with Gasteiger partial charge in [0.25, 0.3) is 0 Å². The average molecular weight is 1370 g/mol. The van der Waals surface area contributed by atoms with Gasteiger partial charge in [-0.05, 0) is 64.2 Å². The Morgan fingerprint density at radius 3 is 1.49 bits per heavy atom. The fourth-order valence-electron chi connectivity index (χ4n) is 11.6. The number of phosphoric ester groups is 2. The first-order valence-electron chi connectivity index (χ1n) is 35.4. The van der Waals surface area contributed by atoms with E-state index in [1.165, 1.54) is 39.7 Å². The Kier molecular flexibility index (Phi) is 47.9. The molecule has 2 fully saturated rings. The lowest BCUT2D eigenvalue weighted by Gasteiger charge is -2.47. The number of phosphoric acid groups is 2. The fraction of sp³-hybridized carbons (Fsp3) is 0.896. The first-order chi connectivity index (χ1) is 44.4. The second-order valence-electron chi connectivity index (χ2n) is 25.6. The van der Waals surface area contributed by atoms with Crippen LogP contribution in [0.3, 0.4) is 0 Å². The van der Waals surface area contributed by atoms with Crippen molar-refractivity contribution in [2.45, 2.75) is 346 Å². The number of carbonyl (C=O) groups excluding carboxylic acids is 5. The molecule has 2 saturated heterocycles. The van der Waals surface area contributed by atoms with Gasteiger partial charge in [-0.2, -0.15) is 0 Å². The van der Waals surface area contributed by atoms with E-state index >= 15 is 0 Å². The van der Waals surface area contributed by atoms with Crippen molar-refractivity contribution in [3.05, 3.63) is 12.2 Å². The first-order valence-corrected chi connectivity index (χ1v) is 38.5. The molecule has 24 nitrogen and oxygen atoms in total. The fourth-order valence-corrected chi connectivity index (χ4v) is 12.6. The summed E-state index contributed by atoms with van der Waals surface area (Å²) in [5, 5.41) is 27.6. The molecule has 2 heterocycles. The minimum absolute atomic E-state index is 0.00493. The highest BCUT2D eigenvalue weighted by atomic mass is 31.2.